The summed E-state index contributed by atoms with van der Waals surface area (Å²) in [6.07, 6.45) is 0.248. The van der Waals surface area contributed by atoms with Crippen molar-refractivity contribution < 1.29 is 13.6 Å². The quantitative estimate of drug-likeness (QED) is 0.746. The first-order chi connectivity index (χ1) is 8.63. The molecule has 1 aromatic carbocycles. The summed E-state index contributed by atoms with van der Waals surface area (Å²) < 4.78 is 25.8. The predicted molar refractivity (Wildman–Crippen MR) is 61.3 cm³/mol. The van der Waals surface area contributed by atoms with Gasteiger partial charge in [-0.2, -0.15) is 5.26 Å². The average molecular weight is 253 g/mol. The van der Waals surface area contributed by atoms with Crippen LogP contribution in [0.25, 0.3) is 0 Å². The molecule has 0 radical (unpaired) electrons. The smallest absolute Gasteiger partial charge is 0.234 e. The van der Waals surface area contributed by atoms with Crippen LogP contribution in [0, 0.1) is 23.0 Å². The van der Waals surface area contributed by atoms with Gasteiger partial charge in [-0.05, 0) is 6.07 Å². The SMILES string of the molecule is N#CCCNC(=O)CNCc1ccc(F)cc1F. The molecule has 0 saturated carbocycles. The van der Waals surface area contributed by atoms with E-state index in [4.69, 9.17) is 5.26 Å². The van der Waals surface area contributed by atoms with Crippen LogP contribution < -0.4 is 10.6 Å². The number of amides is 1. The minimum absolute atomic E-state index is 0.0161. The number of benzene rings is 1. The van der Waals surface area contributed by atoms with Crippen molar-refractivity contribution in [1.82, 2.24) is 10.6 Å². The average Bonchev–Trinajstić information content (AvgIpc) is 2.32. The number of carbonyl (C=O) groups excluding carboxylic acids is 1. The van der Waals surface area contributed by atoms with Gasteiger partial charge in [-0.3, -0.25) is 4.79 Å². The minimum Gasteiger partial charge on any atom is -0.354 e. The Morgan fingerprint density at radius 2 is 2.17 bits per heavy atom. The summed E-state index contributed by atoms with van der Waals surface area (Å²) in [4.78, 5) is 11.2. The lowest BCUT2D eigenvalue weighted by atomic mass is 10.2. The van der Waals surface area contributed by atoms with E-state index in [-0.39, 0.29) is 25.4 Å². The number of carbonyl (C=O) groups is 1. The highest BCUT2D eigenvalue weighted by Crippen LogP contribution is 2.08. The maximum Gasteiger partial charge on any atom is 0.234 e. The fraction of sp³-hybridized carbons (Fsp3) is 0.333. The van der Waals surface area contributed by atoms with Gasteiger partial charge in [-0.25, -0.2) is 8.78 Å². The molecule has 0 saturated heterocycles. The molecule has 0 aliphatic carbocycles. The molecule has 1 aromatic rings. The first-order valence-corrected chi connectivity index (χ1v) is 5.42. The Labute approximate surface area is 104 Å². The van der Waals surface area contributed by atoms with Gasteiger partial charge < -0.3 is 10.6 Å². The summed E-state index contributed by atoms with van der Waals surface area (Å²) in [5.41, 5.74) is 0.293. The third kappa shape index (κ3) is 4.89. The number of hydrogen-bond donors (Lipinski definition) is 2. The molecule has 1 amide bonds. The van der Waals surface area contributed by atoms with Gasteiger partial charge in [0.15, 0.2) is 0 Å². The number of hydrogen-bond acceptors (Lipinski definition) is 3. The molecule has 0 unspecified atom stereocenters. The van der Waals surface area contributed by atoms with E-state index in [0.717, 1.165) is 12.1 Å². The van der Waals surface area contributed by atoms with Crippen LogP contribution in [-0.4, -0.2) is 19.0 Å². The Kier molecular flexibility index (Phi) is 5.74. The van der Waals surface area contributed by atoms with Crippen LogP contribution in [0.2, 0.25) is 0 Å². The highest BCUT2D eigenvalue weighted by atomic mass is 19.1. The fourth-order valence-corrected chi connectivity index (χ4v) is 1.30. The maximum atomic E-state index is 13.2. The second-order valence-corrected chi connectivity index (χ2v) is 3.60. The van der Waals surface area contributed by atoms with Crippen molar-refractivity contribution in [2.24, 2.45) is 0 Å². The lowest BCUT2D eigenvalue weighted by Gasteiger charge is -2.06. The summed E-state index contributed by atoms with van der Waals surface area (Å²) in [6, 6.07) is 5.18. The first-order valence-electron chi connectivity index (χ1n) is 5.42. The number of nitrogens with one attached hydrogen (secondary N) is 2. The Hall–Kier alpha value is -2.00. The zero-order valence-electron chi connectivity index (χ0n) is 9.67. The van der Waals surface area contributed by atoms with Gasteiger partial charge >= 0.3 is 0 Å². The van der Waals surface area contributed by atoms with E-state index in [1.165, 1.54) is 6.07 Å². The largest absolute Gasteiger partial charge is 0.354 e. The van der Waals surface area contributed by atoms with Crippen LogP contribution in [0.15, 0.2) is 18.2 Å². The number of halogens is 2. The van der Waals surface area contributed by atoms with Gasteiger partial charge in [0, 0.05) is 24.7 Å². The molecular formula is C12H13F2N3O. The molecule has 0 atom stereocenters. The topological polar surface area (TPSA) is 64.9 Å². The van der Waals surface area contributed by atoms with Gasteiger partial charge in [0.05, 0.1) is 19.0 Å². The molecule has 0 aliphatic rings. The second-order valence-electron chi connectivity index (χ2n) is 3.60. The fourth-order valence-electron chi connectivity index (χ4n) is 1.30. The molecule has 0 bridgehead atoms. The van der Waals surface area contributed by atoms with Crippen LogP contribution in [0.3, 0.4) is 0 Å². The van der Waals surface area contributed by atoms with Crippen LogP contribution in [0.1, 0.15) is 12.0 Å². The van der Waals surface area contributed by atoms with Crippen molar-refractivity contribution in [3.05, 3.63) is 35.4 Å². The van der Waals surface area contributed by atoms with E-state index in [0.29, 0.717) is 12.1 Å². The van der Waals surface area contributed by atoms with Crippen LogP contribution in [0.5, 0.6) is 0 Å². The summed E-state index contributed by atoms with van der Waals surface area (Å²) in [5, 5.41) is 13.5. The van der Waals surface area contributed by atoms with Gasteiger partial charge in [0.25, 0.3) is 0 Å². The van der Waals surface area contributed by atoms with Crippen LogP contribution in [-0.2, 0) is 11.3 Å². The minimum atomic E-state index is -0.646. The molecule has 4 nitrogen and oxygen atoms in total. The van der Waals surface area contributed by atoms with Crippen molar-refractivity contribution in [2.75, 3.05) is 13.1 Å². The standard InChI is InChI=1S/C12H13F2N3O/c13-10-3-2-9(11(14)6-10)7-16-8-12(18)17-5-1-4-15/h2-3,6,16H,1,5,7-8H2,(H,17,18). The van der Waals surface area contributed by atoms with Crippen molar-refractivity contribution in [2.45, 2.75) is 13.0 Å². The molecule has 2 N–H and O–H groups in total. The molecule has 1 rings (SSSR count). The zero-order chi connectivity index (χ0) is 13.4. The highest BCUT2D eigenvalue weighted by molar-refractivity contribution is 5.77. The highest BCUT2D eigenvalue weighted by Gasteiger charge is 2.04. The van der Waals surface area contributed by atoms with Crippen molar-refractivity contribution in [3.8, 4) is 6.07 Å². The van der Waals surface area contributed by atoms with Gasteiger partial charge in [0.1, 0.15) is 11.6 Å². The predicted octanol–water partition coefficient (Wildman–Crippen LogP) is 1.08. The number of nitrogens with zero attached hydrogens (tertiary/aromatic N) is 1. The van der Waals surface area contributed by atoms with E-state index in [2.05, 4.69) is 10.6 Å². The Morgan fingerprint density at radius 1 is 1.39 bits per heavy atom. The summed E-state index contributed by atoms with van der Waals surface area (Å²) >= 11 is 0. The Bertz CT molecular complexity index is 457. The van der Waals surface area contributed by atoms with E-state index in [9.17, 15) is 13.6 Å². The lowest BCUT2D eigenvalue weighted by molar-refractivity contribution is -0.120. The molecule has 96 valence electrons. The molecule has 0 fully saturated rings. The normalized spacial score (nSPS) is 9.83. The maximum absolute atomic E-state index is 13.2. The van der Waals surface area contributed by atoms with E-state index < -0.39 is 11.6 Å². The molecule has 18 heavy (non-hydrogen) atoms. The third-order valence-electron chi connectivity index (χ3n) is 2.18. The van der Waals surface area contributed by atoms with E-state index >= 15 is 0 Å². The molecular weight excluding hydrogens is 240 g/mol. The summed E-state index contributed by atoms with van der Waals surface area (Å²) in [7, 11) is 0. The summed E-state index contributed by atoms with van der Waals surface area (Å²) in [6.45, 7) is 0.446. The van der Waals surface area contributed by atoms with E-state index in [1.54, 1.807) is 0 Å². The third-order valence-corrected chi connectivity index (χ3v) is 2.18. The van der Waals surface area contributed by atoms with Gasteiger partial charge in [-0.1, -0.05) is 6.07 Å². The van der Waals surface area contributed by atoms with Crippen LogP contribution >= 0.6 is 0 Å². The monoisotopic (exact) mass is 253 g/mol. The lowest BCUT2D eigenvalue weighted by Crippen LogP contribution is -2.34. The summed E-state index contributed by atoms with van der Waals surface area (Å²) in [5.74, 6) is -1.55. The Morgan fingerprint density at radius 3 is 2.83 bits per heavy atom. The molecule has 0 heterocycles. The molecule has 0 spiro atoms. The molecule has 0 aliphatic heterocycles. The number of rotatable bonds is 6. The molecule has 0 aromatic heterocycles. The second kappa shape index (κ2) is 7.35. The van der Waals surface area contributed by atoms with Gasteiger partial charge in [-0.15, -0.1) is 0 Å². The first kappa shape index (κ1) is 14.1. The number of nitriles is 1. The zero-order valence-corrected chi connectivity index (χ0v) is 9.67. The van der Waals surface area contributed by atoms with E-state index in [1.807, 2.05) is 6.07 Å². The molecule has 6 heteroatoms. The Balaban J connectivity index is 2.29. The van der Waals surface area contributed by atoms with Crippen molar-refractivity contribution in [3.63, 3.8) is 0 Å². The van der Waals surface area contributed by atoms with Crippen LogP contribution in [0.4, 0.5) is 8.78 Å². The van der Waals surface area contributed by atoms with Gasteiger partial charge in [0.2, 0.25) is 5.91 Å². The van der Waals surface area contributed by atoms with Crippen molar-refractivity contribution >= 4 is 5.91 Å². The van der Waals surface area contributed by atoms with Crippen molar-refractivity contribution in [1.29, 1.82) is 5.26 Å².